The second kappa shape index (κ2) is 11.3. The molecular formula is C16H28ClN3O4S. The number of amides is 1. The SMILES string of the molecule is CNCCCNC(=O)C(NS(=O)(=O)c1ccc(OC)cc1)C(C)C.Cl. The summed E-state index contributed by atoms with van der Waals surface area (Å²) in [5.74, 6) is 0.0668. The van der Waals surface area contributed by atoms with Crippen LogP contribution in [0.4, 0.5) is 0 Å². The molecule has 1 aromatic rings. The number of benzene rings is 1. The summed E-state index contributed by atoms with van der Waals surface area (Å²) in [6, 6.07) is 5.20. The average Bonchev–Trinajstić information content (AvgIpc) is 2.56. The molecule has 0 bridgehead atoms. The molecule has 0 aliphatic rings. The molecule has 0 fully saturated rings. The molecule has 0 aromatic heterocycles. The van der Waals surface area contributed by atoms with E-state index in [1.54, 1.807) is 26.0 Å². The third kappa shape index (κ3) is 7.60. The molecule has 25 heavy (non-hydrogen) atoms. The molecule has 9 heteroatoms. The molecule has 1 aromatic carbocycles. The molecule has 1 amide bonds. The lowest BCUT2D eigenvalue weighted by Crippen LogP contribution is -2.49. The predicted molar refractivity (Wildman–Crippen MR) is 101 cm³/mol. The van der Waals surface area contributed by atoms with Gasteiger partial charge in [-0.15, -0.1) is 12.4 Å². The molecule has 0 aliphatic carbocycles. The number of nitrogens with one attached hydrogen (secondary N) is 3. The van der Waals surface area contributed by atoms with E-state index in [4.69, 9.17) is 4.74 Å². The van der Waals surface area contributed by atoms with Crippen LogP contribution in [-0.2, 0) is 14.8 Å². The van der Waals surface area contributed by atoms with Crippen molar-refractivity contribution in [2.45, 2.75) is 31.2 Å². The van der Waals surface area contributed by atoms with E-state index in [0.717, 1.165) is 13.0 Å². The van der Waals surface area contributed by atoms with Crippen molar-refractivity contribution in [1.82, 2.24) is 15.4 Å². The maximum Gasteiger partial charge on any atom is 0.241 e. The minimum Gasteiger partial charge on any atom is -0.497 e. The minimum absolute atomic E-state index is 0. The van der Waals surface area contributed by atoms with Crippen molar-refractivity contribution in [3.05, 3.63) is 24.3 Å². The summed E-state index contributed by atoms with van der Waals surface area (Å²) in [4.78, 5) is 12.4. The molecule has 1 atom stereocenters. The number of hydrogen-bond acceptors (Lipinski definition) is 5. The second-order valence-corrected chi connectivity index (χ2v) is 7.48. The molecule has 0 heterocycles. The zero-order valence-electron chi connectivity index (χ0n) is 15.0. The molecule has 0 saturated heterocycles. The van der Waals surface area contributed by atoms with Gasteiger partial charge in [0.05, 0.1) is 12.0 Å². The van der Waals surface area contributed by atoms with Crippen LogP contribution in [0.25, 0.3) is 0 Å². The first-order valence-electron chi connectivity index (χ1n) is 7.90. The number of carbonyl (C=O) groups is 1. The highest BCUT2D eigenvalue weighted by Gasteiger charge is 2.28. The van der Waals surface area contributed by atoms with Gasteiger partial charge in [-0.2, -0.15) is 4.72 Å². The maximum absolute atomic E-state index is 12.5. The number of sulfonamides is 1. The Morgan fingerprint density at radius 2 is 1.76 bits per heavy atom. The third-order valence-corrected chi connectivity index (χ3v) is 4.96. The van der Waals surface area contributed by atoms with Gasteiger partial charge < -0.3 is 15.4 Å². The van der Waals surface area contributed by atoms with Gasteiger partial charge in [0.15, 0.2) is 0 Å². The highest BCUT2D eigenvalue weighted by Crippen LogP contribution is 2.16. The second-order valence-electron chi connectivity index (χ2n) is 5.77. The zero-order valence-corrected chi connectivity index (χ0v) is 16.7. The summed E-state index contributed by atoms with van der Waals surface area (Å²) in [5, 5.41) is 5.75. The Morgan fingerprint density at radius 1 is 1.16 bits per heavy atom. The molecule has 0 radical (unpaired) electrons. The zero-order chi connectivity index (χ0) is 18.2. The fourth-order valence-electron chi connectivity index (χ4n) is 2.07. The van der Waals surface area contributed by atoms with E-state index >= 15 is 0 Å². The summed E-state index contributed by atoms with van der Waals surface area (Å²) in [6.07, 6.45) is 0.776. The van der Waals surface area contributed by atoms with Crippen LogP contribution in [-0.4, -0.2) is 47.6 Å². The van der Waals surface area contributed by atoms with Gasteiger partial charge >= 0.3 is 0 Å². The van der Waals surface area contributed by atoms with E-state index in [-0.39, 0.29) is 29.1 Å². The van der Waals surface area contributed by atoms with Gasteiger partial charge in [0, 0.05) is 6.54 Å². The van der Waals surface area contributed by atoms with E-state index in [0.29, 0.717) is 12.3 Å². The predicted octanol–water partition coefficient (Wildman–Crippen LogP) is 1.15. The molecule has 0 spiro atoms. The monoisotopic (exact) mass is 393 g/mol. The number of halogens is 1. The van der Waals surface area contributed by atoms with Gasteiger partial charge in [-0.1, -0.05) is 13.8 Å². The molecule has 3 N–H and O–H groups in total. The Bertz CT molecular complexity index is 621. The van der Waals surface area contributed by atoms with Gasteiger partial charge in [-0.05, 0) is 50.2 Å². The van der Waals surface area contributed by atoms with Crippen LogP contribution in [0.15, 0.2) is 29.2 Å². The summed E-state index contributed by atoms with van der Waals surface area (Å²) < 4.78 is 32.5. The molecule has 7 nitrogen and oxygen atoms in total. The number of methoxy groups -OCH3 is 1. The van der Waals surface area contributed by atoms with Crippen molar-refractivity contribution in [2.24, 2.45) is 5.92 Å². The van der Waals surface area contributed by atoms with E-state index < -0.39 is 16.1 Å². The van der Waals surface area contributed by atoms with Gasteiger partial charge in [0.2, 0.25) is 15.9 Å². The molecule has 1 rings (SSSR count). The van der Waals surface area contributed by atoms with Crippen molar-refractivity contribution in [3.63, 3.8) is 0 Å². The first kappa shape index (κ1) is 23.6. The first-order chi connectivity index (χ1) is 11.3. The van der Waals surface area contributed by atoms with Gasteiger partial charge in [-0.3, -0.25) is 4.79 Å². The van der Waals surface area contributed by atoms with Crippen LogP contribution < -0.4 is 20.1 Å². The van der Waals surface area contributed by atoms with Crippen LogP contribution in [0.3, 0.4) is 0 Å². The number of ether oxygens (including phenoxy) is 1. The quantitative estimate of drug-likeness (QED) is 0.518. The Labute approximate surface area is 156 Å². The fraction of sp³-hybridized carbons (Fsp3) is 0.562. The van der Waals surface area contributed by atoms with E-state index in [9.17, 15) is 13.2 Å². The van der Waals surface area contributed by atoms with Crippen molar-refractivity contribution in [3.8, 4) is 5.75 Å². The lowest BCUT2D eigenvalue weighted by molar-refractivity contribution is -0.123. The van der Waals surface area contributed by atoms with E-state index in [2.05, 4.69) is 15.4 Å². The van der Waals surface area contributed by atoms with Crippen LogP contribution in [0.2, 0.25) is 0 Å². The Balaban J connectivity index is 0.00000576. The van der Waals surface area contributed by atoms with Crippen molar-refractivity contribution >= 4 is 28.3 Å². The molecular weight excluding hydrogens is 366 g/mol. The number of carbonyl (C=O) groups excluding carboxylic acids is 1. The minimum atomic E-state index is -3.79. The van der Waals surface area contributed by atoms with Crippen molar-refractivity contribution in [1.29, 1.82) is 0 Å². The highest BCUT2D eigenvalue weighted by atomic mass is 35.5. The number of hydrogen-bond donors (Lipinski definition) is 3. The summed E-state index contributed by atoms with van der Waals surface area (Å²) in [6.45, 7) is 4.88. The lowest BCUT2D eigenvalue weighted by Gasteiger charge is -2.21. The normalized spacial score (nSPS) is 12.4. The average molecular weight is 394 g/mol. The van der Waals surface area contributed by atoms with Crippen LogP contribution in [0, 0.1) is 5.92 Å². The summed E-state index contributed by atoms with van der Waals surface area (Å²) in [5.41, 5.74) is 0. The Kier molecular flexibility index (Phi) is 10.7. The fourth-order valence-corrected chi connectivity index (χ4v) is 3.41. The van der Waals surface area contributed by atoms with Crippen molar-refractivity contribution in [2.75, 3.05) is 27.2 Å². The first-order valence-corrected chi connectivity index (χ1v) is 9.39. The van der Waals surface area contributed by atoms with Crippen LogP contribution in [0.5, 0.6) is 5.75 Å². The Hall–Kier alpha value is -1.35. The third-order valence-electron chi connectivity index (χ3n) is 3.50. The van der Waals surface area contributed by atoms with E-state index in [1.807, 2.05) is 7.05 Å². The number of rotatable bonds is 10. The molecule has 0 saturated carbocycles. The largest absolute Gasteiger partial charge is 0.497 e. The standard InChI is InChI=1S/C16H27N3O4S.ClH/c1-12(2)15(16(20)18-11-5-10-17-3)19-24(21,22)14-8-6-13(23-4)7-9-14;/h6-9,12,15,17,19H,5,10-11H2,1-4H3,(H,18,20);1H. The smallest absolute Gasteiger partial charge is 0.241 e. The van der Waals surface area contributed by atoms with Crippen LogP contribution in [0.1, 0.15) is 20.3 Å². The lowest BCUT2D eigenvalue weighted by atomic mass is 10.1. The van der Waals surface area contributed by atoms with Crippen molar-refractivity contribution < 1.29 is 17.9 Å². The summed E-state index contributed by atoms with van der Waals surface area (Å²) in [7, 11) is -0.445. The summed E-state index contributed by atoms with van der Waals surface area (Å²) >= 11 is 0. The van der Waals surface area contributed by atoms with Gasteiger partial charge in [0.25, 0.3) is 0 Å². The topological polar surface area (TPSA) is 96.5 Å². The highest BCUT2D eigenvalue weighted by molar-refractivity contribution is 7.89. The molecule has 0 aliphatic heterocycles. The van der Waals surface area contributed by atoms with Gasteiger partial charge in [0.1, 0.15) is 11.8 Å². The van der Waals surface area contributed by atoms with Gasteiger partial charge in [-0.25, -0.2) is 8.42 Å². The maximum atomic E-state index is 12.5. The Morgan fingerprint density at radius 3 is 2.24 bits per heavy atom. The molecule has 144 valence electrons. The van der Waals surface area contributed by atoms with E-state index in [1.165, 1.54) is 19.2 Å². The van der Waals surface area contributed by atoms with Crippen LogP contribution >= 0.6 is 12.4 Å². The molecule has 1 unspecified atom stereocenters.